The molecule has 7 heteroatoms. The fraction of sp³-hybridized carbons (Fsp3) is 0.261. The van der Waals surface area contributed by atoms with E-state index in [-0.39, 0.29) is 5.92 Å². The normalized spacial score (nSPS) is 11.6. The minimum absolute atomic E-state index is 0.0551. The van der Waals surface area contributed by atoms with Gasteiger partial charge >= 0.3 is 0 Å². The lowest BCUT2D eigenvalue weighted by Gasteiger charge is -2.16. The van der Waals surface area contributed by atoms with Crippen molar-refractivity contribution in [3.8, 4) is 22.9 Å². The highest BCUT2D eigenvalue weighted by Gasteiger charge is 2.15. The Hall–Kier alpha value is -3.45. The first-order chi connectivity index (χ1) is 14.5. The van der Waals surface area contributed by atoms with Gasteiger partial charge in [-0.1, -0.05) is 31.2 Å². The molecule has 0 spiro atoms. The van der Waals surface area contributed by atoms with Crippen molar-refractivity contribution in [3.05, 3.63) is 71.5 Å². The molecule has 3 aromatic rings. The number of nitrogens with zero attached hydrogens (tertiary/aromatic N) is 2. The third-order valence-electron chi connectivity index (χ3n) is 4.87. The van der Waals surface area contributed by atoms with Crippen molar-refractivity contribution in [2.75, 3.05) is 20.8 Å². The molecule has 0 saturated carbocycles. The predicted molar refractivity (Wildman–Crippen MR) is 113 cm³/mol. The number of ether oxygens (including phenoxy) is 2. The van der Waals surface area contributed by atoms with E-state index in [9.17, 15) is 4.79 Å². The van der Waals surface area contributed by atoms with Gasteiger partial charge in [-0.3, -0.25) is 4.79 Å². The fourth-order valence-corrected chi connectivity index (χ4v) is 3.09. The second-order valence-corrected chi connectivity index (χ2v) is 6.77. The van der Waals surface area contributed by atoms with Crippen molar-refractivity contribution in [3.63, 3.8) is 0 Å². The Morgan fingerprint density at radius 2 is 1.87 bits per heavy atom. The number of amides is 1. The smallest absolute Gasteiger partial charge is 0.245 e. The predicted octanol–water partition coefficient (Wildman–Crippen LogP) is 2.92. The number of pyridine rings is 2. The maximum absolute atomic E-state index is 11.2. The Morgan fingerprint density at radius 3 is 2.53 bits per heavy atom. The standard InChI is InChI=1S/C23H25N3O4/c1-15(17-6-4-16(5-7-17)13-25-21(28)14-27)19-8-9-20(29-2)23(26-19)18-10-11-24-22(12-18)30-3/h4-12,15,27H,13-14H2,1-3H3,(H,25,28). The Balaban J connectivity index is 1.85. The van der Waals surface area contributed by atoms with Gasteiger partial charge in [-0.2, -0.15) is 0 Å². The molecular formula is C23H25N3O4. The number of aromatic nitrogens is 2. The van der Waals surface area contributed by atoms with Gasteiger partial charge in [-0.25, -0.2) is 9.97 Å². The van der Waals surface area contributed by atoms with Crippen LogP contribution in [0.2, 0.25) is 0 Å². The van der Waals surface area contributed by atoms with Crippen LogP contribution >= 0.6 is 0 Å². The maximum atomic E-state index is 11.2. The van der Waals surface area contributed by atoms with Gasteiger partial charge in [0.15, 0.2) is 0 Å². The van der Waals surface area contributed by atoms with Crippen molar-refractivity contribution >= 4 is 5.91 Å². The number of rotatable bonds is 8. The van der Waals surface area contributed by atoms with Gasteiger partial charge in [0.2, 0.25) is 11.8 Å². The van der Waals surface area contributed by atoms with E-state index in [4.69, 9.17) is 19.6 Å². The molecule has 3 rings (SSSR count). The Morgan fingerprint density at radius 1 is 1.10 bits per heavy atom. The van der Waals surface area contributed by atoms with Crippen LogP contribution in [-0.2, 0) is 11.3 Å². The SMILES string of the molecule is COc1cc(-c2nc(C(C)c3ccc(CNC(=O)CO)cc3)ccc2OC)ccn1. The fourth-order valence-electron chi connectivity index (χ4n) is 3.09. The number of aliphatic hydroxyl groups excluding tert-OH is 1. The quantitative estimate of drug-likeness (QED) is 0.596. The highest BCUT2D eigenvalue weighted by Crippen LogP contribution is 2.32. The van der Waals surface area contributed by atoms with Crippen molar-refractivity contribution in [1.29, 1.82) is 0 Å². The lowest BCUT2D eigenvalue weighted by Crippen LogP contribution is -2.25. The molecule has 2 heterocycles. The number of carbonyl (C=O) groups excluding carboxylic acids is 1. The zero-order valence-electron chi connectivity index (χ0n) is 17.3. The summed E-state index contributed by atoms with van der Waals surface area (Å²) in [5, 5.41) is 11.4. The molecule has 0 aliphatic rings. The topological polar surface area (TPSA) is 93.6 Å². The van der Waals surface area contributed by atoms with E-state index in [0.29, 0.717) is 18.2 Å². The molecule has 1 unspecified atom stereocenters. The summed E-state index contributed by atoms with van der Waals surface area (Å²) in [5.74, 6) is 0.850. The largest absolute Gasteiger partial charge is 0.494 e. The van der Waals surface area contributed by atoms with E-state index in [1.54, 1.807) is 20.4 Å². The summed E-state index contributed by atoms with van der Waals surface area (Å²) in [6.45, 7) is 1.96. The summed E-state index contributed by atoms with van der Waals surface area (Å²) in [6.07, 6.45) is 1.68. The lowest BCUT2D eigenvalue weighted by molar-refractivity contribution is -0.123. The molecule has 0 aliphatic heterocycles. The van der Waals surface area contributed by atoms with Gasteiger partial charge < -0.3 is 19.9 Å². The Bertz CT molecular complexity index is 1010. The Labute approximate surface area is 175 Å². The summed E-state index contributed by atoms with van der Waals surface area (Å²) < 4.78 is 10.7. The highest BCUT2D eigenvalue weighted by molar-refractivity contribution is 5.76. The molecule has 0 aliphatic carbocycles. The van der Waals surface area contributed by atoms with E-state index in [0.717, 1.165) is 28.1 Å². The minimum atomic E-state index is -0.510. The molecule has 0 bridgehead atoms. The van der Waals surface area contributed by atoms with Crippen LogP contribution in [0.25, 0.3) is 11.3 Å². The molecule has 156 valence electrons. The number of hydrogen-bond donors (Lipinski definition) is 2. The molecule has 0 radical (unpaired) electrons. The second-order valence-electron chi connectivity index (χ2n) is 6.77. The lowest BCUT2D eigenvalue weighted by atomic mass is 9.95. The third kappa shape index (κ3) is 4.93. The van der Waals surface area contributed by atoms with Crippen LogP contribution in [0, 0.1) is 0 Å². The summed E-state index contributed by atoms with van der Waals surface area (Å²) >= 11 is 0. The van der Waals surface area contributed by atoms with Crippen molar-refractivity contribution in [2.45, 2.75) is 19.4 Å². The molecule has 1 atom stereocenters. The van der Waals surface area contributed by atoms with Crippen LogP contribution in [0.5, 0.6) is 11.6 Å². The van der Waals surface area contributed by atoms with Crippen LogP contribution in [0.15, 0.2) is 54.7 Å². The Kier molecular flexibility index (Phi) is 6.98. The zero-order valence-corrected chi connectivity index (χ0v) is 17.3. The van der Waals surface area contributed by atoms with Crippen LogP contribution in [-0.4, -0.2) is 41.8 Å². The molecule has 0 fully saturated rings. The summed E-state index contributed by atoms with van der Waals surface area (Å²) in [4.78, 5) is 20.2. The summed E-state index contributed by atoms with van der Waals surface area (Å²) in [5.41, 5.74) is 4.56. The number of methoxy groups -OCH3 is 2. The van der Waals surface area contributed by atoms with Crippen LogP contribution in [0.3, 0.4) is 0 Å². The van der Waals surface area contributed by atoms with E-state index in [2.05, 4.69) is 17.2 Å². The number of hydrogen-bond acceptors (Lipinski definition) is 6. The second kappa shape index (κ2) is 9.84. The first-order valence-corrected chi connectivity index (χ1v) is 9.57. The van der Waals surface area contributed by atoms with E-state index < -0.39 is 12.5 Å². The molecule has 0 saturated heterocycles. The first-order valence-electron chi connectivity index (χ1n) is 9.57. The van der Waals surface area contributed by atoms with E-state index >= 15 is 0 Å². The van der Waals surface area contributed by atoms with Gasteiger partial charge in [-0.15, -0.1) is 0 Å². The van der Waals surface area contributed by atoms with Crippen LogP contribution in [0.4, 0.5) is 0 Å². The molecule has 1 amide bonds. The average Bonchev–Trinajstić information content (AvgIpc) is 2.81. The van der Waals surface area contributed by atoms with Gasteiger partial charge in [0, 0.05) is 36.0 Å². The van der Waals surface area contributed by atoms with Crippen LogP contribution < -0.4 is 14.8 Å². The summed E-state index contributed by atoms with van der Waals surface area (Å²) in [7, 11) is 3.20. The maximum Gasteiger partial charge on any atom is 0.245 e. The molecule has 1 aromatic carbocycles. The van der Waals surface area contributed by atoms with Gasteiger partial charge in [0.25, 0.3) is 0 Å². The van der Waals surface area contributed by atoms with E-state index in [1.807, 2.05) is 48.5 Å². The summed E-state index contributed by atoms with van der Waals surface area (Å²) in [6, 6.07) is 15.5. The molecule has 30 heavy (non-hydrogen) atoms. The van der Waals surface area contributed by atoms with Gasteiger partial charge in [0.1, 0.15) is 18.1 Å². The average molecular weight is 407 g/mol. The number of benzene rings is 1. The number of nitrogens with one attached hydrogen (secondary N) is 1. The highest BCUT2D eigenvalue weighted by atomic mass is 16.5. The first kappa shape index (κ1) is 21.3. The van der Waals surface area contributed by atoms with Crippen molar-refractivity contribution < 1.29 is 19.4 Å². The zero-order chi connectivity index (χ0) is 21.5. The molecular weight excluding hydrogens is 382 g/mol. The van der Waals surface area contributed by atoms with Crippen LogP contribution in [0.1, 0.15) is 29.7 Å². The van der Waals surface area contributed by atoms with E-state index in [1.165, 1.54) is 0 Å². The van der Waals surface area contributed by atoms with Gasteiger partial charge in [-0.05, 0) is 29.3 Å². The number of carbonyl (C=O) groups is 1. The monoisotopic (exact) mass is 407 g/mol. The molecule has 7 nitrogen and oxygen atoms in total. The van der Waals surface area contributed by atoms with Gasteiger partial charge in [0.05, 0.1) is 14.2 Å². The van der Waals surface area contributed by atoms with Crippen molar-refractivity contribution in [2.24, 2.45) is 0 Å². The molecule has 2 N–H and O–H groups in total. The number of aliphatic hydroxyl groups is 1. The van der Waals surface area contributed by atoms with Crippen molar-refractivity contribution in [1.82, 2.24) is 15.3 Å². The third-order valence-corrected chi connectivity index (χ3v) is 4.87. The minimum Gasteiger partial charge on any atom is -0.494 e. The molecule has 2 aromatic heterocycles.